The van der Waals surface area contributed by atoms with Crippen LogP contribution in [-0.2, 0) is 0 Å². The fraction of sp³-hybridized carbons (Fsp3) is 0.235. The summed E-state index contributed by atoms with van der Waals surface area (Å²) in [6, 6.07) is 10.8. The van der Waals surface area contributed by atoms with Crippen molar-refractivity contribution >= 4 is 16.7 Å². The number of aliphatic hydroxyl groups excluding tert-OH is 1. The highest BCUT2D eigenvalue weighted by Crippen LogP contribution is 2.37. The molecule has 2 N–H and O–H groups in total. The molecule has 3 rings (SSSR count). The summed E-state index contributed by atoms with van der Waals surface area (Å²) >= 11 is 0. The van der Waals surface area contributed by atoms with Gasteiger partial charge in [0.05, 0.1) is 5.56 Å². The van der Waals surface area contributed by atoms with Crippen LogP contribution in [0.4, 0.5) is 0 Å². The minimum absolute atomic E-state index is 0.217. The van der Waals surface area contributed by atoms with Crippen LogP contribution < -0.4 is 0 Å². The van der Waals surface area contributed by atoms with Crippen LogP contribution >= 0.6 is 0 Å². The maximum atomic E-state index is 10.9. The number of rotatable bonds is 2. The van der Waals surface area contributed by atoms with Gasteiger partial charge in [0, 0.05) is 18.1 Å². The Bertz CT molecular complexity index is 737. The van der Waals surface area contributed by atoms with E-state index in [4.69, 9.17) is 10.2 Å². The summed E-state index contributed by atoms with van der Waals surface area (Å²) in [7, 11) is 0. The number of aromatic carboxylic acids is 1. The number of aliphatic hydroxyl groups is 1. The van der Waals surface area contributed by atoms with Gasteiger partial charge in [0.1, 0.15) is 0 Å². The first-order chi connectivity index (χ1) is 9.67. The smallest absolute Gasteiger partial charge is 0.335 e. The highest BCUT2D eigenvalue weighted by atomic mass is 16.4. The average Bonchev–Trinajstić information content (AvgIpc) is 3.23. The Morgan fingerprint density at radius 1 is 1.20 bits per heavy atom. The lowest BCUT2D eigenvalue weighted by molar-refractivity contribution is 0.0697. The van der Waals surface area contributed by atoms with Gasteiger partial charge in [0.2, 0.25) is 0 Å². The average molecular weight is 266 g/mol. The number of carbonyl (C=O) groups is 1. The predicted molar refractivity (Wildman–Crippen MR) is 76.5 cm³/mol. The molecule has 20 heavy (non-hydrogen) atoms. The zero-order valence-corrected chi connectivity index (χ0v) is 10.8. The Morgan fingerprint density at radius 2 is 1.95 bits per heavy atom. The third-order valence-corrected chi connectivity index (χ3v) is 3.65. The first kappa shape index (κ1) is 12.7. The minimum atomic E-state index is -0.917. The molecule has 0 amide bonds. The molecule has 2 unspecified atom stereocenters. The zero-order valence-electron chi connectivity index (χ0n) is 10.8. The summed E-state index contributed by atoms with van der Waals surface area (Å²) in [5.74, 6) is 6.04. The van der Waals surface area contributed by atoms with Crippen LogP contribution in [0.5, 0.6) is 0 Å². The first-order valence-electron chi connectivity index (χ1n) is 6.57. The van der Waals surface area contributed by atoms with Crippen LogP contribution in [0.2, 0.25) is 0 Å². The van der Waals surface area contributed by atoms with Gasteiger partial charge in [-0.15, -0.1) is 0 Å². The molecule has 0 aliphatic heterocycles. The Morgan fingerprint density at radius 3 is 2.65 bits per heavy atom. The number of hydrogen-bond acceptors (Lipinski definition) is 2. The molecule has 0 heterocycles. The van der Waals surface area contributed by atoms with E-state index in [0.29, 0.717) is 17.4 Å². The second kappa shape index (κ2) is 4.99. The van der Waals surface area contributed by atoms with Crippen LogP contribution in [0.25, 0.3) is 10.8 Å². The summed E-state index contributed by atoms with van der Waals surface area (Å²) in [4.78, 5) is 10.9. The zero-order chi connectivity index (χ0) is 14.1. The van der Waals surface area contributed by atoms with Gasteiger partial charge in [-0.2, -0.15) is 0 Å². The van der Waals surface area contributed by atoms with Crippen LogP contribution in [0.15, 0.2) is 36.4 Å². The van der Waals surface area contributed by atoms with Crippen molar-refractivity contribution in [3.8, 4) is 11.8 Å². The van der Waals surface area contributed by atoms with E-state index in [9.17, 15) is 4.79 Å². The maximum Gasteiger partial charge on any atom is 0.335 e. The highest BCUT2D eigenvalue weighted by Gasteiger charge is 2.34. The van der Waals surface area contributed by atoms with Crippen molar-refractivity contribution in [2.24, 2.45) is 11.8 Å². The van der Waals surface area contributed by atoms with Gasteiger partial charge in [-0.3, -0.25) is 0 Å². The minimum Gasteiger partial charge on any atom is -0.478 e. The van der Waals surface area contributed by atoms with Crippen LogP contribution in [-0.4, -0.2) is 22.8 Å². The van der Waals surface area contributed by atoms with E-state index in [1.54, 1.807) is 18.2 Å². The summed E-state index contributed by atoms with van der Waals surface area (Å²) in [5.41, 5.74) is 1.21. The molecular formula is C17H14O3. The van der Waals surface area contributed by atoms with E-state index in [1.165, 1.54) is 0 Å². The number of benzene rings is 2. The molecule has 2 aromatic carbocycles. The molecule has 0 saturated heterocycles. The fourth-order valence-corrected chi connectivity index (χ4v) is 2.26. The second-order valence-corrected chi connectivity index (χ2v) is 5.14. The normalized spacial score (nSPS) is 20.2. The summed E-state index contributed by atoms with van der Waals surface area (Å²) < 4.78 is 0. The maximum absolute atomic E-state index is 10.9. The summed E-state index contributed by atoms with van der Waals surface area (Å²) in [5, 5.41) is 19.8. The first-order valence-corrected chi connectivity index (χ1v) is 6.57. The molecule has 1 saturated carbocycles. The topological polar surface area (TPSA) is 57.5 Å². The van der Waals surface area contributed by atoms with E-state index >= 15 is 0 Å². The lowest BCUT2D eigenvalue weighted by Gasteiger charge is -2.00. The van der Waals surface area contributed by atoms with Crippen LogP contribution in [0, 0.1) is 23.7 Å². The van der Waals surface area contributed by atoms with E-state index in [0.717, 1.165) is 22.8 Å². The Labute approximate surface area is 116 Å². The Kier molecular flexibility index (Phi) is 3.17. The quantitative estimate of drug-likeness (QED) is 0.821. The third kappa shape index (κ3) is 2.52. The lowest BCUT2D eigenvalue weighted by Crippen LogP contribution is -1.95. The molecule has 1 aliphatic carbocycles. The van der Waals surface area contributed by atoms with Gasteiger partial charge < -0.3 is 10.2 Å². The lowest BCUT2D eigenvalue weighted by atomic mass is 10.0. The van der Waals surface area contributed by atoms with E-state index < -0.39 is 5.97 Å². The number of carboxylic acids is 1. The van der Waals surface area contributed by atoms with Gasteiger partial charge in [-0.05, 0) is 47.4 Å². The molecule has 2 aromatic rings. The van der Waals surface area contributed by atoms with Crippen molar-refractivity contribution in [3.63, 3.8) is 0 Å². The van der Waals surface area contributed by atoms with Crippen molar-refractivity contribution < 1.29 is 15.0 Å². The van der Waals surface area contributed by atoms with Crippen LogP contribution in [0.3, 0.4) is 0 Å². The molecule has 1 fully saturated rings. The fourth-order valence-electron chi connectivity index (χ4n) is 2.26. The van der Waals surface area contributed by atoms with Gasteiger partial charge in [0.15, 0.2) is 0 Å². The molecule has 3 nitrogen and oxygen atoms in total. The molecule has 0 radical (unpaired) electrons. The highest BCUT2D eigenvalue weighted by molar-refractivity contribution is 5.94. The van der Waals surface area contributed by atoms with Gasteiger partial charge in [0.25, 0.3) is 0 Å². The van der Waals surface area contributed by atoms with E-state index in [-0.39, 0.29) is 6.61 Å². The van der Waals surface area contributed by atoms with Gasteiger partial charge in [-0.25, -0.2) is 4.79 Å². The van der Waals surface area contributed by atoms with Crippen LogP contribution in [0.1, 0.15) is 22.3 Å². The van der Waals surface area contributed by atoms with Gasteiger partial charge in [-0.1, -0.05) is 24.0 Å². The third-order valence-electron chi connectivity index (χ3n) is 3.65. The second-order valence-electron chi connectivity index (χ2n) is 5.14. The summed E-state index contributed by atoms with van der Waals surface area (Å²) in [6.07, 6.45) is 0.985. The van der Waals surface area contributed by atoms with Crippen molar-refractivity contribution in [2.75, 3.05) is 6.61 Å². The van der Waals surface area contributed by atoms with Gasteiger partial charge >= 0.3 is 5.97 Å². The number of carboxylic acid groups (broad SMARTS) is 1. The van der Waals surface area contributed by atoms with Crippen molar-refractivity contribution in [3.05, 3.63) is 47.5 Å². The summed E-state index contributed by atoms with van der Waals surface area (Å²) in [6.45, 7) is 0.217. The standard InChI is InChI=1S/C17H14O3/c18-10-16-9-14(16)4-2-11-1-3-13-8-15(17(19)20)6-5-12(13)7-11/h1,3,5-8,14,16,18H,9-10H2,(H,19,20). The van der Waals surface area contributed by atoms with E-state index in [2.05, 4.69) is 11.8 Å². The van der Waals surface area contributed by atoms with Crippen molar-refractivity contribution in [2.45, 2.75) is 6.42 Å². The molecular weight excluding hydrogens is 252 g/mol. The molecule has 1 aliphatic rings. The number of fused-ring (bicyclic) bond motifs is 1. The molecule has 0 aromatic heterocycles. The molecule has 0 bridgehead atoms. The predicted octanol–water partition coefficient (Wildman–Crippen LogP) is 2.52. The Balaban J connectivity index is 1.88. The van der Waals surface area contributed by atoms with E-state index in [1.807, 2.05) is 18.2 Å². The van der Waals surface area contributed by atoms with Crippen molar-refractivity contribution in [1.29, 1.82) is 0 Å². The largest absolute Gasteiger partial charge is 0.478 e. The number of hydrogen-bond donors (Lipinski definition) is 2. The van der Waals surface area contributed by atoms with Crippen molar-refractivity contribution in [1.82, 2.24) is 0 Å². The SMILES string of the molecule is O=C(O)c1ccc2cc(C#CC3CC3CO)ccc2c1. The molecule has 2 atom stereocenters. The molecule has 100 valence electrons. The monoisotopic (exact) mass is 266 g/mol. The molecule has 0 spiro atoms. The molecule has 3 heteroatoms. The Hall–Kier alpha value is -2.31.